The Balaban J connectivity index is 2.20. The molecular weight excluding hydrogens is 170 g/mol. The molecule has 0 saturated heterocycles. The summed E-state index contributed by atoms with van der Waals surface area (Å²) < 4.78 is 0. The molecule has 1 atom stereocenters. The lowest BCUT2D eigenvalue weighted by Gasteiger charge is -2.10. The Kier molecular flexibility index (Phi) is 5.31. The molecule has 0 aliphatic heterocycles. The minimum Gasteiger partial charge on any atom is -0.328 e. The van der Waals surface area contributed by atoms with Crippen molar-refractivity contribution in [2.75, 3.05) is 0 Å². The molecule has 0 radical (unpaired) electrons. The van der Waals surface area contributed by atoms with Crippen LogP contribution in [0.1, 0.15) is 38.2 Å². The summed E-state index contributed by atoms with van der Waals surface area (Å²) in [5.41, 5.74) is 7.41. The highest BCUT2D eigenvalue weighted by atomic mass is 14.6. The van der Waals surface area contributed by atoms with Gasteiger partial charge in [-0.3, -0.25) is 0 Å². The van der Waals surface area contributed by atoms with Crippen molar-refractivity contribution in [2.24, 2.45) is 5.73 Å². The predicted molar refractivity (Wildman–Crippen MR) is 62.3 cm³/mol. The van der Waals surface area contributed by atoms with Gasteiger partial charge in [0.1, 0.15) is 0 Å². The van der Waals surface area contributed by atoms with E-state index in [1.165, 1.54) is 24.8 Å². The van der Waals surface area contributed by atoms with Crippen LogP contribution in [0.4, 0.5) is 0 Å². The topological polar surface area (TPSA) is 26.0 Å². The Hall–Kier alpha value is -0.820. The molecule has 0 bridgehead atoms. The van der Waals surface area contributed by atoms with E-state index in [-0.39, 0.29) is 0 Å². The maximum Gasteiger partial charge on any atom is 0.00419 e. The van der Waals surface area contributed by atoms with Gasteiger partial charge in [0, 0.05) is 6.04 Å². The number of hydrogen-bond donors (Lipinski definition) is 1. The Bertz CT molecular complexity index is 230. The van der Waals surface area contributed by atoms with Gasteiger partial charge in [0.15, 0.2) is 0 Å². The van der Waals surface area contributed by atoms with Gasteiger partial charge in [0.05, 0.1) is 0 Å². The van der Waals surface area contributed by atoms with Crippen molar-refractivity contribution in [3.8, 4) is 0 Å². The summed E-state index contributed by atoms with van der Waals surface area (Å²) in [6.45, 7) is 2.21. The standard InChI is InChI=1S/C13H21N/c1-2-3-9-13(14)11-10-12-7-5-4-6-8-12/h4-8,13H,2-3,9-11,14H2,1H3/t13-/m0/s1. The number of aryl methyl sites for hydroxylation is 1. The van der Waals surface area contributed by atoms with Crippen LogP contribution >= 0.6 is 0 Å². The third kappa shape index (κ3) is 4.43. The quantitative estimate of drug-likeness (QED) is 0.734. The lowest BCUT2D eigenvalue weighted by Crippen LogP contribution is -2.20. The van der Waals surface area contributed by atoms with Crippen LogP contribution in [0.5, 0.6) is 0 Å². The third-order valence-electron chi connectivity index (χ3n) is 2.58. The first-order valence-corrected chi connectivity index (χ1v) is 5.62. The van der Waals surface area contributed by atoms with Gasteiger partial charge in [0.25, 0.3) is 0 Å². The van der Waals surface area contributed by atoms with Crippen LogP contribution in [-0.2, 0) is 6.42 Å². The van der Waals surface area contributed by atoms with Gasteiger partial charge in [-0.25, -0.2) is 0 Å². The van der Waals surface area contributed by atoms with Gasteiger partial charge in [0.2, 0.25) is 0 Å². The molecule has 0 saturated carbocycles. The summed E-state index contributed by atoms with van der Waals surface area (Å²) >= 11 is 0. The lowest BCUT2D eigenvalue weighted by molar-refractivity contribution is 0.541. The zero-order chi connectivity index (χ0) is 10.2. The van der Waals surface area contributed by atoms with Gasteiger partial charge in [-0.15, -0.1) is 0 Å². The van der Waals surface area contributed by atoms with E-state index in [0.717, 1.165) is 12.8 Å². The Morgan fingerprint density at radius 2 is 1.86 bits per heavy atom. The van der Waals surface area contributed by atoms with Gasteiger partial charge < -0.3 is 5.73 Å². The molecule has 0 heterocycles. The summed E-state index contributed by atoms with van der Waals surface area (Å²) in [6, 6.07) is 11.0. The third-order valence-corrected chi connectivity index (χ3v) is 2.58. The second-order valence-electron chi connectivity index (χ2n) is 3.93. The zero-order valence-corrected chi connectivity index (χ0v) is 9.08. The highest BCUT2D eigenvalue weighted by Crippen LogP contribution is 2.07. The summed E-state index contributed by atoms with van der Waals surface area (Å²) in [5, 5.41) is 0. The van der Waals surface area contributed by atoms with E-state index < -0.39 is 0 Å². The lowest BCUT2D eigenvalue weighted by atomic mass is 10.0. The van der Waals surface area contributed by atoms with E-state index in [4.69, 9.17) is 5.73 Å². The van der Waals surface area contributed by atoms with Gasteiger partial charge >= 0.3 is 0 Å². The Morgan fingerprint density at radius 3 is 2.50 bits per heavy atom. The van der Waals surface area contributed by atoms with Crippen LogP contribution < -0.4 is 5.73 Å². The Morgan fingerprint density at radius 1 is 1.14 bits per heavy atom. The van der Waals surface area contributed by atoms with Crippen molar-refractivity contribution < 1.29 is 0 Å². The van der Waals surface area contributed by atoms with Crippen LogP contribution in [0.3, 0.4) is 0 Å². The molecule has 1 aromatic carbocycles. The number of rotatable bonds is 6. The summed E-state index contributed by atoms with van der Waals surface area (Å²) in [4.78, 5) is 0. The normalized spacial score (nSPS) is 12.7. The largest absolute Gasteiger partial charge is 0.328 e. The molecule has 0 fully saturated rings. The van der Waals surface area contributed by atoms with Crippen molar-refractivity contribution in [2.45, 2.75) is 45.1 Å². The van der Waals surface area contributed by atoms with Crippen molar-refractivity contribution in [1.29, 1.82) is 0 Å². The smallest absolute Gasteiger partial charge is 0.00419 e. The highest BCUT2D eigenvalue weighted by Gasteiger charge is 2.01. The molecule has 0 aliphatic carbocycles. The first kappa shape index (κ1) is 11.3. The molecule has 0 aromatic heterocycles. The molecule has 14 heavy (non-hydrogen) atoms. The molecule has 2 N–H and O–H groups in total. The van der Waals surface area contributed by atoms with Gasteiger partial charge in [-0.05, 0) is 24.8 Å². The monoisotopic (exact) mass is 191 g/mol. The predicted octanol–water partition coefficient (Wildman–Crippen LogP) is 3.14. The molecule has 78 valence electrons. The fourth-order valence-corrected chi connectivity index (χ4v) is 1.61. The van der Waals surface area contributed by atoms with E-state index in [0.29, 0.717) is 6.04 Å². The molecule has 0 unspecified atom stereocenters. The van der Waals surface area contributed by atoms with Crippen LogP contribution in [0.15, 0.2) is 30.3 Å². The maximum absolute atomic E-state index is 6.01. The van der Waals surface area contributed by atoms with Crippen LogP contribution in [0.2, 0.25) is 0 Å². The summed E-state index contributed by atoms with van der Waals surface area (Å²) in [6.07, 6.45) is 5.91. The molecule has 1 nitrogen and oxygen atoms in total. The van der Waals surface area contributed by atoms with E-state index in [1.807, 2.05) is 0 Å². The number of unbranched alkanes of at least 4 members (excludes halogenated alkanes) is 1. The number of benzene rings is 1. The highest BCUT2D eigenvalue weighted by molar-refractivity contribution is 5.14. The van der Waals surface area contributed by atoms with E-state index in [1.54, 1.807) is 0 Å². The summed E-state index contributed by atoms with van der Waals surface area (Å²) in [5.74, 6) is 0. The fourth-order valence-electron chi connectivity index (χ4n) is 1.61. The van der Waals surface area contributed by atoms with Crippen LogP contribution in [0.25, 0.3) is 0 Å². The van der Waals surface area contributed by atoms with E-state index >= 15 is 0 Å². The average molecular weight is 191 g/mol. The number of hydrogen-bond acceptors (Lipinski definition) is 1. The van der Waals surface area contributed by atoms with Crippen LogP contribution in [-0.4, -0.2) is 6.04 Å². The van der Waals surface area contributed by atoms with Gasteiger partial charge in [-0.1, -0.05) is 50.1 Å². The second kappa shape index (κ2) is 6.61. The maximum atomic E-state index is 6.01. The fraction of sp³-hybridized carbons (Fsp3) is 0.538. The Labute approximate surface area is 87.3 Å². The van der Waals surface area contributed by atoms with Crippen molar-refractivity contribution in [3.63, 3.8) is 0 Å². The van der Waals surface area contributed by atoms with Gasteiger partial charge in [-0.2, -0.15) is 0 Å². The van der Waals surface area contributed by atoms with Crippen molar-refractivity contribution >= 4 is 0 Å². The van der Waals surface area contributed by atoms with E-state index in [9.17, 15) is 0 Å². The SMILES string of the molecule is CCCC[C@H](N)CCc1ccccc1. The first-order valence-electron chi connectivity index (χ1n) is 5.62. The molecule has 0 aliphatic rings. The molecule has 1 heteroatoms. The first-order chi connectivity index (χ1) is 6.83. The minimum atomic E-state index is 0.384. The van der Waals surface area contributed by atoms with E-state index in [2.05, 4.69) is 37.3 Å². The molecule has 0 spiro atoms. The van der Waals surface area contributed by atoms with Crippen molar-refractivity contribution in [1.82, 2.24) is 0 Å². The zero-order valence-electron chi connectivity index (χ0n) is 9.08. The molecule has 0 amide bonds. The second-order valence-corrected chi connectivity index (χ2v) is 3.93. The molecule has 1 rings (SSSR count). The minimum absolute atomic E-state index is 0.384. The summed E-state index contributed by atoms with van der Waals surface area (Å²) in [7, 11) is 0. The molecule has 1 aromatic rings. The molecular formula is C13H21N. The number of nitrogens with two attached hydrogens (primary N) is 1. The van der Waals surface area contributed by atoms with Crippen LogP contribution in [0, 0.1) is 0 Å². The average Bonchev–Trinajstić information content (AvgIpc) is 2.25. The van der Waals surface area contributed by atoms with Crippen molar-refractivity contribution in [3.05, 3.63) is 35.9 Å².